The lowest BCUT2D eigenvalue weighted by atomic mass is 9.69. The Morgan fingerprint density at radius 2 is 2.15 bits per heavy atom. The van der Waals surface area contributed by atoms with Crippen LogP contribution in [0.3, 0.4) is 0 Å². The van der Waals surface area contributed by atoms with Crippen molar-refractivity contribution in [1.29, 1.82) is 5.26 Å². The number of nitrogens with zero attached hydrogens (tertiary/aromatic N) is 3. The first-order valence-corrected chi connectivity index (χ1v) is 7.60. The highest BCUT2D eigenvalue weighted by Crippen LogP contribution is 2.52. The van der Waals surface area contributed by atoms with E-state index in [0.717, 1.165) is 6.07 Å². The molecule has 0 bridgehead atoms. The summed E-state index contributed by atoms with van der Waals surface area (Å²) in [6.45, 7) is 1.50. The monoisotopic (exact) mass is 366 g/mol. The highest BCUT2D eigenvalue weighted by atomic mass is 16.6. The first-order valence-electron chi connectivity index (χ1n) is 7.60. The molecule has 4 N–H and O–H groups in total. The number of nitro groups is 1. The topological polar surface area (TPSA) is 177 Å². The van der Waals surface area contributed by atoms with E-state index in [0.29, 0.717) is 0 Å². The number of benzene rings is 1. The Morgan fingerprint density at radius 1 is 1.41 bits per heavy atom. The number of non-ortho nitro benzene ring substituents is 1. The standard InChI is InChI=1S/C16H10N6O5/c1-6-19-13(23)11-14(20-6)27-12(18)9(5-17)16(11)8-4-7(22(25)26)2-3-10(8)21-15(16)24/h2-4H,18H2,1H3,(H,21,24)(H,19,20,23). The van der Waals surface area contributed by atoms with E-state index >= 15 is 0 Å². The van der Waals surface area contributed by atoms with Crippen molar-refractivity contribution in [2.45, 2.75) is 12.3 Å². The number of carbonyl (C=O) groups is 1. The largest absolute Gasteiger partial charge is 0.422 e. The van der Waals surface area contributed by atoms with E-state index in [1.54, 1.807) is 0 Å². The molecule has 11 heteroatoms. The summed E-state index contributed by atoms with van der Waals surface area (Å²) in [6.07, 6.45) is 0. The summed E-state index contributed by atoms with van der Waals surface area (Å²) in [5, 5.41) is 23.4. The van der Waals surface area contributed by atoms with Gasteiger partial charge in [-0.05, 0) is 13.0 Å². The van der Waals surface area contributed by atoms with Gasteiger partial charge in [-0.2, -0.15) is 10.2 Å². The molecule has 2 aliphatic heterocycles. The number of ether oxygens (including phenoxy) is 1. The summed E-state index contributed by atoms with van der Waals surface area (Å²) in [6, 6.07) is 5.47. The highest BCUT2D eigenvalue weighted by Gasteiger charge is 2.59. The van der Waals surface area contributed by atoms with Gasteiger partial charge < -0.3 is 20.8 Å². The average Bonchev–Trinajstić information content (AvgIpc) is 2.86. The molecule has 27 heavy (non-hydrogen) atoms. The first kappa shape index (κ1) is 16.3. The van der Waals surface area contributed by atoms with Crippen molar-refractivity contribution in [3.8, 4) is 11.9 Å². The lowest BCUT2D eigenvalue weighted by Gasteiger charge is -2.31. The highest BCUT2D eigenvalue weighted by molar-refractivity contribution is 6.12. The van der Waals surface area contributed by atoms with Gasteiger partial charge in [0.05, 0.1) is 4.92 Å². The molecule has 2 aliphatic rings. The molecule has 11 nitrogen and oxygen atoms in total. The number of hydrogen-bond acceptors (Lipinski definition) is 8. The second-order valence-corrected chi connectivity index (χ2v) is 5.98. The van der Waals surface area contributed by atoms with Crippen molar-refractivity contribution >= 4 is 17.3 Å². The molecule has 0 saturated heterocycles. The van der Waals surface area contributed by atoms with Gasteiger partial charge >= 0.3 is 0 Å². The summed E-state index contributed by atoms with van der Waals surface area (Å²) in [5.41, 5.74) is 2.50. The number of hydrogen-bond donors (Lipinski definition) is 3. The molecule has 1 spiro atoms. The Morgan fingerprint density at radius 3 is 2.81 bits per heavy atom. The Hall–Kier alpha value is -4.20. The van der Waals surface area contributed by atoms with Crippen molar-refractivity contribution in [2.24, 2.45) is 5.73 Å². The van der Waals surface area contributed by atoms with Crippen LogP contribution in [0, 0.1) is 28.4 Å². The van der Waals surface area contributed by atoms with Crippen LogP contribution < -0.4 is 21.3 Å². The van der Waals surface area contributed by atoms with E-state index < -0.39 is 27.7 Å². The van der Waals surface area contributed by atoms with Gasteiger partial charge in [0.2, 0.25) is 17.7 Å². The number of nitriles is 1. The molecule has 0 saturated carbocycles. The molecule has 1 amide bonds. The van der Waals surface area contributed by atoms with Crippen molar-refractivity contribution in [1.82, 2.24) is 9.97 Å². The number of aryl methyl sites for hydroxylation is 1. The lowest BCUT2D eigenvalue weighted by Crippen LogP contribution is -2.46. The first-order chi connectivity index (χ1) is 12.8. The van der Waals surface area contributed by atoms with E-state index in [1.165, 1.54) is 19.1 Å². The van der Waals surface area contributed by atoms with Gasteiger partial charge in [-0.15, -0.1) is 0 Å². The Kier molecular flexibility index (Phi) is 3.10. The molecule has 4 rings (SSSR count). The molecular formula is C16H10N6O5. The molecule has 0 radical (unpaired) electrons. The predicted octanol–water partition coefficient (Wildman–Crippen LogP) is 0.311. The molecule has 134 valence electrons. The number of anilines is 1. The maximum atomic E-state index is 13.0. The molecule has 3 heterocycles. The normalized spacial score (nSPS) is 19.8. The number of nitrogens with one attached hydrogen (secondary N) is 2. The zero-order valence-electron chi connectivity index (χ0n) is 13.7. The Balaban J connectivity index is 2.20. The summed E-state index contributed by atoms with van der Waals surface area (Å²) in [5.74, 6) is -1.18. The molecule has 1 aromatic heterocycles. The summed E-state index contributed by atoms with van der Waals surface area (Å²) >= 11 is 0. The number of carbonyl (C=O) groups excluding carboxylic acids is 1. The Labute approximate surface area is 150 Å². The van der Waals surface area contributed by atoms with Crippen LogP contribution in [0.5, 0.6) is 5.88 Å². The third kappa shape index (κ3) is 1.92. The number of nitrogens with two attached hydrogens (primary N) is 1. The van der Waals surface area contributed by atoms with Crippen molar-refractivity contribution in [3.63, 3.8) is 0 Å². The van der Waals surface area contributed by atoms with Crippen molar-refractivity contribution in [2.75, 3.05) is 5.32 Å². The minimum Gasteiger partial charge on any atom is -0.422 e. The SMILES string of the molecule is Cc1nc2c(c(=O)[nH]1)C1(C(=O)Nc3ccc([N+](=O)[O-])cc31)C(C#N)=C(N)O2. The van der Waals surface area contributed by atoms with Crippen LogP contribution in [-0.4, -0.2) is 20.8 Å². The smallest absolute Gasteiger partial charge is 0.269 e. The molecule has 2 aromatic rings. The molecule has 1 atom stereocenters. The molecule has 1 unspecified atom stereocenters. The number of H-pyrrole nitrogens is 1. The fraction of sp³-hybridized carbons (Fsp3) is 0.125. The number of nitro benzene ring substituents is 1. The van der Waals surface area contributed by atoms with E-state index in [2.05, 4.69) is 15.3 Å². The van der Waals surface area contributed by atoms with Crippen LogP contribution in [0.2, 0.25) is 0 Å². The number of aromatic nitrogens is 2. The minimum absolute atomic E-state index is 0.0573. The second kappa shape index (κ2) is 5.15. The van der Waals surface area contributed by atoms with E-state index in [9.17, 15) is 25.0 Å². The van der Waals surface area contributed by atoms with Crippen molar-refractivity contribution < 1.29 is 14.5 Å². The van der Waals surface area contributed by atoms with Gasteiger partial charge in [-0.3, -0.25) is 19.7 Å². The van der Waals surface area contributed by atoms with Gasteiger partial charge in [0.1, 0.15) is 23.0 Å². The fourth-order valence-corrected chi connectivity index (χ4v) is 3.47. The van der Waals surface area contributed by atoms with E-state index in [-0.39, 0.29) is 39.8 Å². The number of aromatic amines is 1. The molecule has 0 aliphatic carbocycles. The zero-order chi connectivity index (χ0) is 19.5. The second-order valence-electron chi connectivity index (χ2n) is 5.98. The van der Waals surface area contributed by atoms with Crippen molar-refractivity contribution in [3.05, 3.63) is 67.1 Å². The van der Waals surface area contributed by atoms with Crippen LogP contribution in [0.15, 0.2) is 34.4 Å². The molecular weight excluding hydrogens is 356 g/mol. The Bertz CT molecular complexity index is 1190. The average molecular weight is 366 g/mol. The van der Waals surface area contributed by atoms with Gasteiger partial charge in [0.15, 0.2) is 5.41 Å². The number of rotatable bonds is 1. The van der Waals surface area contributed by atoms with Gasteiger partial charge in [-0.1, -0.05) is 0 Å². The maximum absolute atomic E-state index is 13.0. The van der Waals surface area contributed by atoms with Crippen LogP contribution in [0.25, 0.3) is 0 Å². The number of fused-ring (bicyclic) bond motifs is 4. The summed E-state index contributed by atoms with van der Waals surface area (Å²) < 4.78 is 5.31. The minimum atomic E-state index is -2.00. The lowest BCUT2D eigenvalue weighted by molar-refractivity contribution is -0.384. The van der Waals surface area contributed by atoms with Gasteiger partial charge in [-0.25, -0.2) is 0 Å². The van der Waals surface area contributed by atoms with E-state index in [4.69, 9.17) is 10.5 Å². The van der Waals surface area contributed by atoms with E-state index in [1.807, 2.05) is 6.07 Å². The van der Waals surface area contributed by atoms with Crippen LogP contribution in [0.1, 0.15) is 17.0 Å². The third-order valence-corrected chi connectivity index (χ3v) is 4.53. The maximum Gasteiger partial charge on any atom is 0.269 e. The third-order valence-electron chi connectivity index (χ3n) is 4.53. The van der Waals surface area contributed by atoms with Gasteiger partial charge in [0.25, 0.3) is 11.2 Å². The van der Waals surface area contributed by atoms with Crippen LogP contribution in [-0.2, 0) is 10.2 Å². The zero-order valence-corrected chi connectivity index (χ0v) is 13.7. The van der Waals surface area contributed by atoms with Crippen LogP contribution >= 0.6 is 0 Å². The summed E-state index contributed by atoms with van der Waals surface area (Å²) in [4.78, 5) is 42.9. The molecule has 1 aromatic carbocycles. The quantitative estimate of drug-likeness (QED) is 0.477. The van der Waals surface area contributed by atoms with Gasteiger partial charge in [0, 0.05) is 23.4 Å². The predicted molar refractivity (Wildman–Crippen MR) is 89.6 cm³/mol. The van der Waals surface area contributed by atoms with Crippen LogP contribution in [0.4, 0.5) is 11.4 Å². The summed E-state index contributed by atoms with van der Waals surface area (Å²) in [7, 11) is 0. The number of amides is 1. The molecule has 0 fully saturated rings. The fourth-order valence-electron chi connectivity index (χ4n) is 3.47.